The maximum absolute atomic E-state index is 13.7. The number of carboxylic acid groups (broad SMARTS) is 1. The molecule has 0 bridgehead atoms. The van der Waals surface area contributed by atoms with E-state index in [0.717, 1.165) is 16.5 Å². The Morgan fingerprint density at radius 3 is 2.13 bits per heavy atom. The van der Waals surface area contributed by atoms with Gasteiger partial charge < -0.3 is 41.6 Å². The summed E-state index contributed by atoms with van der Waals surface area (Å²) in [6.07, 6.45) is 2.88. The minimum Gasteiger partial charge on any atom is -0.508 e. The van der Waals surface area contributed by atoms with E-state index < -0.39 is 47.9 Å². The summed E-state index contributed by atoms with van der Waals surface area (Å²) in [5.41, 5.74) is 9.17. The summed E-state index contributed by atoms with van der Waals surface area (Å²) in [5.74, 6) is -2.77. The molecule has 1 aromatic heterocycles. The first-order chi connectivity index (χ1) is 22.1. The average Bonchev–Trinajstić information content (AvgIpc) is 3.70. The number of rotatable bonds is 12. The van der Waals surface area contributed by atoms with Gasteiger partial charge in [-0.05, 0) is 66.3 Å². The van der Waals surface area contributed by atoms with E-state index in [4.69, 9.17) is 5.73 Å². The van der Waals surface area contributed by atoms with Crippen molar-refractivity contribution in [3.8, 4) is 11.5 Å². The van der Waals surface area contributed by atoms with E-state index in [-0.39, 0.29) is 30.8 Å². The van der Waals surface area contributed by atoms with Crippen LogP contribution >= 0.6 is 0 Å². The number of aliphatic carboxylic acids is 1. The Morgan fingerprint density at radius 1 is 0.848 bits per heavy atom. The van der Waals surface area contributed by atoms with Crippen LogP contribution in [-0.4, -0.2) is 79.6 Å². The van der Waals surface area contributed by atoms with Crippen LogP contribution in [0.5, 0.6) is 11.5 Å². The van der Waals surface area contributed by atoms with E-state index in [2.05, 4.69) is 15.6 Å². The van der Waals surface area contributed by atoms with Crippen molar-refractivity contribution in [1.29, 1.82) is 0 Å². The number of para-hydroxylation sites is 1. The van der Waals surface area contributed by atoms with Crippen molar-refractivity contribution in [1.82, 2.24) is 20.5 Å². The van der Waals surface area contributed by atoms with Crippen molar-refractivity contribution < 1.29 is 34.5 Å². The van der Waals surface area contributed by atoms with Gasteiger partial charge in [0.25, 0.3) is 0 Å². The number of carbonyl (C=O) groups is 4. The summed E-state index contributed by atoms with van der Waals surface area (Å²) in [5, 5.41) is 35.5. The summed E-state index contributed by atoms with van der Waals surface area (Å²) < 4.78 is 0. The topological polar surface area (TPSA) is 198 Å². The molecule has 3 amide bonds. The number of H-pyrrole nitrogens is 1. The summed E-state index contributed by atoms with van der Waals surface area (Å²) in [6.45, 7) is 0.320. The first-order valence-corrected chi connectivity index (χ1v) is 15.1. The fraction of sp³-hybridized carbons (Fsp3) is 0.294. The number of hydrogen-bond acceptors (Lipinski definition) is 7. The highest BCUT2D eigenvalue weighted by Gasteiger charge is 2.38. The second-order valence-corrected chi connectivity index (χ2v) is 11.6. The van der Waals surface area contributed by atoms with Gasteiger partial charge in [0.15, 0.2) is 0 Å². The lowest BCUT2D eigenvalue weighted by molar-refractivity contribution is -0.143. The predicted octanol–water partition coefficient (Wildman–Crippen LogP) is 1.98. The Morgan fingerprint density at radius 2 is 1.48 bits per heavy atom. The minimum absolute atomic E-state index is 0.00872. The van der Waals surface area contributed by atoms with Gasteiger partial charge in [0.1, 0.15) is 29.6 Å². The monoisotopic (exact) mass is 627 g/mol. The number of fused-ring (bicyclic) bond motifs is 1. The molecule has 3 aromatic carbocycles. The number of aromatic nitrogens is 1. The molecule has 0 aliphatic carbocycles. The van der Waals surface area contributed by atoms with Crippen LogP contribution in [0, 0.1) is 0 Å². The average molecular weight is 628 g/mol. The van der Waals surface area contributed by atoms with Crippen molar-refractivity contribution >= 4 is 34.6 Å². The number of carbonyl (C=O) groups excluding carboxylic acids is 3. The molecule has 1 fully saturated rings. The SMILES string of the molecule is NC(Cc1ccc(O)cc1)C(=O)N1CCCC1C(=O)NC(Cc1ccc(O)cc1)C(=O)NC(Cc1c[nH]c2ccccc12)C(=O)O. The van der Waals surface area contributed by atoms with Gasteiger partial charge in [0, 0.05) is 36.5 Å². The Kier molecular flexibility index (Phi) is 9.87. The van der Waals surface area contributed by atoms with Gasteiger partial charge in [-0.15, -0.1) is 0 Å². The standard InChI is InChI=1S/C34H37N5O7/c35-26(16-20-7-11-23(40)12-8-20)33(44)39-15-3-6-30(39)32(43)37-28(17-21-9-13-24(41)14-10-21)31(42)38-29(34(45)46)18-22-19-36-27-5-2-1-4-25(22)27/h1-2,4-5,7-14,19,26,28-30,36,40-41H,3,6,15-18,35H2,(H,37,43)(H,38,42)(H,45,46). The number of likely N-dealkylation sites (tertiary alicyclic amines) is 1. The third-order valence-corrected chi connectivity index (χ3v) is 8.27. The number of aromatic hydroxyl groups is 2. The quantitative estimate of drug-likeness (QED) is 0.124. The van der Waals surface area contributed by atoms with Crippen LogP contribution in [0.3, 0.4) is 0 Å². The number of amides is 3. The number of carboxylic acids is 1. The highest BCUT2D eigenvalue weighted by Crippen LogP contribution is 2.22. The first kappa shape index (κ1) is 32.0. The Bertz CT molecular complexity index is 1700. The molecule has 8 N–H and O–H groups in total. The zero-order chi connectivity index (χ0) is 32.8. The molecule has 0 radical (unpaired) electrons. The predicted molar refractivity (Wildman–Crippen MR) is 170 cm³/mol. The Hall–Kier alpha value is -5.36. The number of phenolic OH excluding ortho intramolecular Hbond substituents is 2. The van der Waals surface area contributed by atoms with Gasteiger partial charge in [-0.2, -0.15) is 0 Å². The molecule has 240 valence electrons. The molecule has 4 aromatic rings. The molecule has 4 unspecified atom stereocenters. The van der Waals surface area contributed by atoms with E-state index in [9.17, 15) is 34.5 Å². The number of aromatic amines is 1. The first-order valence-electron chi connectivity index (χ1n) is 15.1. The van der Waals surface area contributed by atoms with Crippen molar-refractivity contribution in [3.05, 3.63) is 95.7 Å². The fourth-order valence-corrected chi connectivity index (χ4v) is 5.83. The third kappa shape index (κ3) is 7.64. The van der Waals surface area contributed by atoms with Crippen LogP contribution < -0.4 is 16.4 Å². The van der Waals surface area contributed by atoms with Crippen LogP contribution in [0.25, 0.3) is 10.9 Å². The van der Waals surface area contributed by atoms with Gasteiger partial charge in [0.2, 0.25) is 17.7 Å². The van der Waals surface area contributed by atoms with Crippen molar-refractivity contribution in [2.24, 2.45) is 5.73 Å². The van der Waals surface area contributed by atoms with Crippen LogP contribution in [0.15, 0.2) is 79.0 Å². The Balaban J connectivity index is 1.31. The fourth-order valence-electron chi connectivity index (χ4n) is 5.83. The van der Waals surface area contributed by atoms with Gasteiger partial charge in [-0.25, -0.2) is 4.79 Å². The molecule has 2 heterocycles. The van der Waals surface area contributed by atoms with E-state index in [1.807, 2.05) is 24.3 Å². The molecule has 0 saturated carbocycles. The molecule has 4 atom stereocenters. The summed E-state index contributed by atoms with van der Waals surface area (Å²) in [6, 6.07) is 15.7. The molecule has 1 saturated heterocycles. The smallest absolute Gasteiger partial charge is 0.326 e. The van der Waals surface area contributed by atoms with Gasteiger partial charge in [0.05, 0.1) is 6.04 Å². The van der Waals surface area contributed by atoms with Gasteiger partial charge in [-0.3, -0.25) is 14.4 Å². The largest absolute Gasteiger partial charge is 0.508 e. The Labute approximate surface area is 265 Å². The molecule has 1 aliphatic rings. The summed E-state index contributed by atoms with van der Waals surface area (Å²) in [4.78, 5) is 57.4. The second kappa shape index (κ2) is 14.2. The van der Waals surface area contributed by atoms with Crippen LogP contribution in [0.1, 0.15) is 29.5 Å². The van der Waals surface area contributed by atoms with Crippen LogP contribution in [0.2, 0.25) is 0 Å². The lowest BCUT2D eigenvalue weighted by Gasteiger charge is -2.29. The molecular formula is C34H37N5O7. The summed E-state index contributed by atoms with van der Waals surface area (Å²) >= 11 is 0. The molecule has 0 spiro atoms. The molecule has 12 heteroatoms. The summed E-state index contributed by atoms with van der Waals surface area (Å²) in [7, 11) is 0. The molecular weight excluding hydrogens is 590 g/mol. The van der Waals surface area contributed by atoms with E-state index in [0.29, 0.717) is 30.5 Å². The number of phenols is 2. The zero-order valence-electron chi connectivity index (χ0n) is 25.1. The second-order valence-electron chi connectivity index (χ2n) is 11.6. The molecule has 12 nitrogen and oxygen atoms in total. The van der Waals surface area contributed by atoms with Crippen molar-refractivity contribution in [2.75, 3.05) is 6.54 Å². The molecule has 1 aliphatic heterocycles. The lowest BCUT2D eigenvalue weighted by atomic mass is 10.0. The van der Waals surface area contributed by atoms with E-state index >= 15 is 0 Å². The molecule has 5 rings (SSSR count). The van der Waals surface area contributed by atoms with E-state index in [1.54, 1.807) is 30.5 Å². The minimum atomic E-state index is -1.28. The normalized spacial score (nSPS) is 16.5. The van der Waals surface area contributed by atoms with Gasteiger partial charge in [-0.1, -0.05) is 42.5 Å². The van der Waals surface area contributed by atoms with Crippen molar-refractivity contribution in [2.45, 2.75) is 56.3 Å². The van der Waals surface area contributed by atoms with Crippen LogP contribution in [0.4, 0.5) is 0 Å². The highest BCUT2D eigenvalue weighted by atomic mass is 16.4. The number of nitrogens with zero attached hydrogens (tertiary/aromatic N) is 1. The zero-order valence-corrected chi connectivity index (χ0v) is 25.1. The molecule has 46 heavy (non-hydrogen) atoms. The maximum Gasteiger partial charge on any atom is 0.326 e. The lowest BCUT2D eigenvalue weighted by Crippen LogP contribution is -2.57. The highest BCUT2D eigenvalue weighted by molar-refractivity contribution is 5.95. The van der Waals surface area contributed by atoms with E-state index in [1.165, 1.54) is 29.2 Å². The number of benzene rings is 3. The van der Waals surface area contributed by atoms with Crippen LogP contribution in [-0.2, 0) is 38.4 Å². The number of hydrogen-bond donors (Lipinski definition) is 7. The van der Waals surface area contributed by atoms with Crippen molar-refractivity contribution in [3.63, 3.8) is 0 Å². The van der Waals surface area contributed by atoms with Gasteiger partial charge >= 0.3 is 5.97 Å². The third-order valence-electron chi connectivity index (χ3n) is 8.27. The number of nitrogens with two attached hydrogens (primary N) is 1. The number of nitrogens with one attached hydrogen (secondary N) is 3. The maximum atomic E-state index is 13.7.